The number of rotatable bonds is 7. The van der Waals surface area contributed by atoms with E-state index >= 15 is 0 Å². The number of hydrogen-bond acceptors (Lipinski definition) is 3. The van der Waals surface area contributed by atoms with Crippen LogP contribution in [-0.2, 0) is 11.3 Å². The molecular weight excluding hydrogens is 461 g/mol. The van der Waals surface area contributed by atoms with Gasteiger partial charge in [-0.05, 0) is 47.9 Å². The van der Waals surface area contributed by atoms with Gasteiger partial charge < -0.3 is 14.5 Å². The topological polar surface area (TPSA) is 51.3 Å². The lowest BCUT2D eigenvalue weighted by atomic mass is 10.0. The monoisotopic (exact) mass is 481 g/mol. The zero-order chi connectivity index (χ0) is 21.8. The molecule has 4 aromatic rings. The van der Waals surface area contributed by atoms with Gasteiger partial charge in [0.2, 0.25) is 0 Å². The number of fused-ring (bicyclic) bond motifs is 1. The number of hydrogen-bond donors (Lipinski definition) is 1. The Bertz CT molecular complexity index is 1190. The quantitative estimate of drug-likeness (QED) is 0.240. The molecule has 0 saturated heterocycles. The highest BCUT2D eigenvalue weighted by atomic mass is 79.9. The molecule has 158 valence electrons. The van der Waals surface area contributed by atoms with Crippen molar-refractivity contribution in [2.75, 3.05) is 6.61 Å². The van der Waals surface area contributed by atoms with Gasteiger partial charge in [-0.2, -0.15) is 0 Å². The molecule has 0 saturated carbocycles. The van der Waals surface area contributed by atoms with E-state index in [0.29, 0.717) is 12.4 Å². The zero-order valence-electron chi connectivity index (χ0n) is 16.9. The number of H-pyrrole nitrogens is 1. The number of nitrogens with one attached hydrogen (secondary N) is 1. The van der Waals surface area contributed by atoms with Crippen LogP contribution in [0.15, 0.2) is 72.8 Å². The Labute approximate surface area is 188 Å². The Morgan fingerprint density at radius 2 is 1.74 bits per heavy atom. The number of alkyl halides is 1. The van der Waals surface area contributed by atoms with Crippen molar-refractivity contribution in [2.24, 2.45) is 0 Å². The molecule has 3 aromatic carbocycles. The molecule has 1 aromatic heterocycles. The second-order valence-corrected chi connectivity index (χ2v) is 7.96. The van der Waals surface area contributed by atoms with Crippen molar-refractivity contribution in [1.82, 2.24) is 4.98 Å². The van der Waals surface area contributed by atoms with Gasteiger partial charge in [0.15, 0.2) is 11.4 Å². The number of carbonyl (C=O) groups excluding carboxylic acids is 1. The first-order valence-electron chi connectivity index (χ1n) is 9.96. The van der Waals surface area contributed by atoms with Gasteiger partial charge in [0.05, 0.1) is 11.4 Å². The molecular formula is C25H21BrFNO3. The summed E-state index contributed by atoms with van der Waals surface area (Å²) in [6, 6.07) is 21.9. The van der Waals surface area contributed by atoms with E-state index in [1.165, 1.54) is 12.1 Å². The van der Waals surface area contributed by atoms with Crippen molar-refractivity contribution in [1.29, 1.82) is 0 Å². The summed E-state index contributed by atoms with van der Waals surface area (Å²) >= 11 is 3.70. The molecule has 4 rings (SSSR count). The maximum absolute atomic E-state index is 13.3. The summed E-state index contributed by atoms with van der Waals surface area (Å²) < 4.78 is 24.6. The molecule has 0 aliphatic carbocycles. The van der Waals surface area contributed by atoms with Gasteiger partial charge >= 0.3 is 5.97 Å². The molecule has 31 heavy (non-hydrogen) atoms. The van der Waals surface area contributed by atoms with Crippen LogP contribution >= 0.6 is 15.9 Å². The molecule has 1 heterocycles. The van der Waals surface area contributed by atoms with Crippen LogP contribution in [-0.4, -0.2) is 17.6 Å². The minimum Gasteiger partial charge on any atom is -0.486 e. The minimum atomic E-state index is -0.461. The first-order chi connectivity index (χ1) is 15.1. The van der Waals surface area contributed by atoms with Crippen LogP contribution in [0.5, 0.6) is 5.75 Å². The van der Waals surface area contributed by atoms with Crippen molar-refractivity contribution < 1.29 is 18.7 Å². The van der Waals surface area contributed by atoms with Crippen LogP contribution in [0.4, 0.5) is 4.39 Å². The summed E-state index contributed by atoms with van der Waals surface area (Å²) in [5.41, 5.74) is 3.94. The molecule has 4 nitrogen and oxygen atoms in total. The summed E-state index contributed by atoms with van der Waals surface area (Å²) in [5.74, 6) is -0.282. The van der Waals surface area contributed by atoms with Crippen molar-refractivity contribution in [3.63, 3.8) is 0 Å². The molecule has 1 atom stereocenters. The fourth-order valence-corrected chi connectivity index (χ4v) is 3.98. The number of esters is 1. The van der Waals surface area contributed by atoms with E-state index in [2.05, 4.69) is 20.9 Å². The lowest BCUT2D eigenvalue weighted by Gasteiger charge is -2.12. The van der Waals surface area contributed by atoms with Crippen molar-refractivity contribution in [3.8, 4) is 5.75 Å². The number of carbonyl (C=O) groups is 1. The van der Waals surface area contributed by atoms with Crippen molar-refractivity contribution >= 4 is 32.8 Å². The number of halogens is 2. The van der Waals surface area contributed by atoms with E-state index in [4.69, 9.17) is 9.47 Å². The van der Waals surface area contributed by atoms with E-state index < -0.39 is 5.97 Å². The van der Waals surface area contributed by atoms with Crippen molar-refractivity contribution in [3.05, 3.63) is 101 Å². The average molecular weight is 482 g/mol. The highest BCUT2D eigenvalue weighted by molar-refractivity contribution is 9.09. The Balaban J connectivity index is 1.73. The van der Waals surface area contributed by atoms with Crippen molar-refractivity contribution in [2.45, 2.75) is 18.4 Å². The van der Waals surface area contributed by atoms with Gasteiger partial charge in [-0.25, -0.2) is 9.18 Å². The van der Waals surface area contributed by atoms with E-state index in [1.807, 2.05) is 48.5 Å². The largest absolute Gasteiger partial charge is 0.486 e. The van der Waals surface area contributed by atoms with Gasteiger partial charge in [0.25, 0.3) is 0 Å². The molecule has 0 aliphatic rings. The highest BCUT2D eigenvalue weighted by Gasteiger charge is 2.22. The SMILES string of the molecule is CCOC(=O)c1[nH]c2ccc(C(Br)c3ccc(F)cc3)cc2c1OCc1ccccc1. The maximum atomic E-state index is 13.3. The Hall–Kier alpha value is -3.12. The highest BCUT2D eigenvalue weighted by Crippen LogP contribution is 2.37. The van der Waals surface area contributed by atoms with Crippen LogP contribution < -0.4 is 4.74 Å². The van der Waals surface area contributed by atoms with Gasteiger partial charge in [0.1, 0.15) is 12.4 Å². The fraction of sp³-hybridized carbons (Fsp3) is 0.160. The second kappa shape index (κ2) is 9.35. The molecule has 0 radical (unpaired) electrons. The average Bonchev–Trinajstić information content (AvgIpc) is 3.16. The molecule has 1 unspecified atom stereocenters. The zero-order valence-corrected chi connectivity index (χ0v) is 18.5. The molecule has 1 N–H and O–H groups in total. The standard InChI is InChI=1S/C25H21BrFNO3/c1-2-30-25(29)23-24(31-15-16-6-4-3-5-7-16)20-14-18(10-13-21(20)28-23)22(26)17-8-11-19(27)12-9-17/h3-14,22,28H,2,15H2,1H3. The predicted molar refractivity (Wildman–Crippen MR) is 122 cm³/mol. The lowest BCUT2D eigenvalue weighted by Crippen LogP contribution is -2.07. The van der Waals surface area contributed by atoms with E-state index in [0.717, 1.165) is 27.6 Å². The van der Waals surface area contributed by atoms with E-state index in [9.17, 15) is 9.18 Å². The third-order valence-corrected chi connectivity index (χ3v) is 5.99. The number of ether oxygens (including phenoxy) is 2. The molecule has 6 heteroatoms. The fourth-order valence-electron chi connectivity index (χ4n) is 3.39. The lowest BCUT2D eigenvalue weighted by molar-refractivity contribution is 0.0515. The maximum Gasteiger partial charge on any atom is 0.358 e. The first kappa shape index (κ1) is 21.1. The molecule has 0 bridgehead atoms. The molecule has 0 fully saturated rings. The van der Waals surface area contributed by atoms with Crippen LogP contribution in [0, 0.1) is 5.82 Å². The Morgan fingerprint density at radius 3 is 2.45 bits per heavy atom. The van der Waals surface area contributed by atoms with E-state index in [1.54, 1.807) is 19.1 Å². The second-order valence-electron chi connectivity index (χ2n) is 7.04. The molecule has 0 amide bonds. The van der Waals surface area contributed by atoms with Gasteiger partial charge in [-0.15, -0.1) is 0 Å². The van der Waals surface area contributed by atoms with Crippen LogP contribution in [0.1, 0.15) is 38.9 Å². The van der Waals surface area contributed by atoms with Crippen LogP contribution in [0.2, 0.25) is 0 Å². The van der Waals surface area contributed by atoms with Crippen LogP contribution in [0.3, 0.4) is 0 Å². The molecule has 0 spiro atoms. The first-order valence-corrected chi connectivity index (χ1v) is 10.9. The van der Waals surface area contributed by atoms with Gasteiger partial charge in [-0.3, -0.25) is 0 Å². The Kier molecular flexibility index (Phi) is 6.37. The summed E-state index contributed by atoms with van der Waals surface area (Å²) in [6.45, 7) is 2.35. The smallest absolute Gasteiger partial charge is 0.358 e. The number of benzene rings is 3. The normalized spacial score (nSPS) is 12.0. The summed E-state index contributed by atoms with van der Waals surface area (Å²) in [7, 11) is 0. The van der Waals surface area contributed by atoms with Crippen LogP contribution in [0.25, 0.3) is 10.9 Å². The third-order valence-electron chi connectivity index (χ3n) is 4.94. The third kappa shape index (κ3) is 4.64. The minimum absolute atomic E-state index is 0.139. The van der Waals surface area contributed by atoms with E-state index in [-0.39, 0.29) is 22.9 Å². The predicted octanol–water partition coefficient (Wildman–Crippen LogP) is 6.55. The summed E-state index contributed by atoms with van der Waals surface area (Å²) in [4.78, 5) is 15.5. The number of aromatic amines is 1. The number of aromatic nitrogens is 1. The van der Waals surface area contributed by atoms with Gasteiger partial charge in [0, 0.05) is 10.9 Å². The Morgan fingerprint density at radius 1 is 1.03 bits per heavy atom. The summed E-state index contributed by atoms with van der Waals surface area (Å²) in [6.07, 6.45) is 0. The summed E-state index contributed by atoms with van der Waals surface area (Å²) in [5, 5.41) is 0.781. The molecule has 0 aliphatic heterocycles. The van der Waals surface area contributed by atoms with Gasteiger partial charge in [-0.1, -0.05) is 64.5 Å².